The number of hydrogen-bond acceptors (Lipinski definition) is 7. The lowest BCUT2D eigenvalue weighted by Crippen LogP contribution is -2.00. The van der Waals surface area contributed by atoms with Crippen molar-refractivity contribution in [1.82, 2.24) is 10.2 Å². The average molecular weight is 372 g/mol. The Morgan fingerprint density at radius 2 is 1.77 bits per heavy atom. The van der Waals surface area contributed by atoms with E-state index in [9.17, 15) is 0 Å². The predicted molar refractivity (Wildman–Crippen MR) is 99.0 cm³/mol. The summed E-state index contributed by atoms with van der Waals surface area (Å²) in [7, 11) is 1.64. The second-order valence-corrected chi connectivity index (χ2v) is 6.49. The minimum atomic E-state index is 0.249. The molecule has 0 N–H and O–H groups in total. The summed E-state index contributed by atoms with van der Waals surface area (Å²) >= 11 is 1.45. The minimum Gasteiger partial charge on any atom is -0.497 e. The summed E-state index contributed by atoms with van der Waals surface area (Å²) in [6, 6.07) is 15.3. The van der Waals surface area contributed by atoms with Crippen LogP contribution in [-0.2, 0) is 6.61 Å². The first-order valence-corrected chi connectivity index (χ1v) is 9.13. The van der Waals surface area contributed by atoms with E-state index in [1.165, 1.54) is 11.8 Å². The molecule has 0 aliphatic carbocycles. The number of aryl methyl sites for hydroxylation is 1. The van der Waals surface area contributed by atoms with Crippen molar-refractivity contribution < 1.29 is 18.6 Å². The third-order valence-corrected chi connectivity index (χ3v) is 4.22. The molecular weight excluding hydrogens is 352 g/mol. The molecule has 26 heavy (non-hydrogen) atoms. The lowest BCUT2D eigenvalue weighted by atomic mass is 10.2. The Hall–Kier alpha value is -2.67. The summed E-state index contributed by atoms with van der Waals surface area (Å²) in [5.41, 5.74) is 1.14. The van der Waals surface area contributed by atoms with Gasteiger partial charge in [0, 0.05) is 5.75 Å². The highest BCUT2D eigenvalue weighted by Crippen LogP contribution is 2.20. The Morgan fingerprint density at radius 3 is 2.54 bits per heavy atom. The molecule has 0 radical (unpaired) electrons. The van der Waals surface area contributed by atoms with Crippen molar-refractivity contribution in [1.29, 1.82) is 0 Å². The molecule has 1 heterocycles. The second kappa shape index (κ2) is 9.15. The molecule has 0 unspecified atom stereocenters. The Balaban J connectivity index is 1.39. The van der Waals surface area contributed by atoms with Crippen molar-refractivity contribution in [3.63, 3.8) is 0 Å². The van der Waals surface area contributed by atoms with Crippen LogP contribution < -0.4 is 14.2 Å². The molecule has 136 valence electrons. The van der Waals surface area contributed by atoms with Gasteiger partial charge in [0.2, 0.25) is 0 Å². The lowest BCUT2D eigenvalue weighted by molar-refractivity contribution is 0.252. The van der Waals surface area contributed by atoms with E-state index in [-0.39, 0.29) is 6.61 Å². The van der Waals surface area contributed by atoms with E-state index >= 15 is 0 Å². The van der Waals surface area contributed by atoms with E-state index in [2.05, 4.69) is 10.2 Å². The van der Waals surface area contributed by atoms with Crippen LogP contribution in [0.2, 0.25) is 0 Å². The van der Waals surface area contributed by atoms with Gasteiger partial charge in [0.15, 0.2) is 6.61 Å². The highest BCUT2D eigenvalue weighted by Gasteiger charge is 2.08. The molecule has 0 spiro atoms. The maximum absolute atomic E-state index is 5.66. The molecule has 0 aliphatic rings. The molecule has 7 heteroatoms. The fourth-order valence-corrected chi connectivity index (χ4v) is 2.76. The number of thioether (sulfide) groups is 1. The summed E-state index contributed by atoms with van der Waals surface area (Å²) in [5.74, 6) is 3.53. The summed E-state index contributed by atoms with van der Waals surface area (Å²) in [5, 5.41) is 8.51. The summed E-state index contributed by atoms with van der Waals surface area (Å²) in [6.45, 7) is 2.80. The standard InChI is InChI=1S/C19H20N2O4S/c1-14-4-3-5-17(12-14)24-13-18-20-21-19(25-18)26-11-10-23-16-8-6-15(22-2)7-9-16/h3-9,12H,10-11,13H2,1-2H3. The zero-order chi connectivity index (χ0) is 18.2. The Kier molecular flexibility index (Phi) is 6.38. The number of hydrogen-bond donors (Lipinski definition) is 0. The SMILES string of the molecule is COc1ccc(OCCSc2nnc(COc3cccc(C)c3)o2)cc1. The third kappa shape index (κ3) is 5.42. The molecule has 0 fully saturated rings. The van der Waals surface area contributed by atoms with Crippen molar-refractivity contribution in [2.45, 2.75) is 18.8 Å². The molecule has 0 saturated heterocycles. The van der Waals surface area contributed by atoms with Crippen molar-refractivity contribution in [3.05, 3.63) is 60.0 Å². The summed E-state index contributed by atoms with van der Waals surface area (Å²) in [4.78, 5) is 0. The van der Waals surface area contributed by atoms with Crippen LogP contribution in [-0.4, -0.2) is 29.7 Å². The molecule has 6 nitrogen and oxygen atoms in total. The quantitative estimate of drug-likeness (QED) is 0.413. The highest BCUT2D eigenvalue weighted by atomic mass is 32.2. The van der Waals surface area contributed by atoms with Crippen LogP contribution in [0.4, 0.5) is 0 Å². The van der Waals surface area contributed by atoms with E-state index in [0.29, 0.717) is 23.5 Å². The maximum atomic E-state index is 5.66. The van der Waals surface area contributed by atoms with E-state index in [1.807, 2.05) is 55.5 Å². The van der Waals surface area contributed by atoms with Gasteiger partial charge >= 0.3 is 0 Å². The van der Waals surface area contributed by atoms with E-state index < -0.39 is 0 Å². The number of methoxy groups -OCH3 is 1. The van der Waals surface area contributed by atoms with Crippen molar-refractivity contribution in [2.75, 3.05) is 19.5 Å². The van der Waals surface area contributed by atoms with Gasteiger partial charge < -0.3 is 18.6 Å². The van der Waals surface area contributed by atoms with Gasteiger partial charge in [-0.1, -0.05) is 23.9 Å². The Bertz CT molecular complexity index is 820. The molecule has 0 bridgehead atoms. The van der Waals surface area contributed by atoms with Crippen LogP contribution in [0.1, 0.15) is 11.5 Å². The van der Waals surface area contributed by atoms with Crippen LogP contribution in [0, 0.1) is 6.92 Å². The number of rotatable bonds is 9. The first kappa shape index (κ1) is 18.1. The summed E-state index contributed by atoms with van der Waals surface area (Å²) in [6.07, 6.45) is 0. The first-order chi connectivity index (χ1) is 12.7. The van der Waals surface area contributed by atoms with Crippen molar-refractivity contribution in [3.8, 4) is 17.2 Å². The predicted octanol–water partition coefficient (Wildman–Crippen LogP) is 4.14. The van der Waals surface area contributed by atoms with Crippen molar-refractivity contribution in [2.24, 2.45) is 0 Å². The normalized spacial score (nSPS) is 10.5. The second-order valence-electron chi connectivity index (χ2n) is 5.44. The fourth-order valence-electron chi connectivity index (χ4n) is 2.17. The zero-order valence-corrected chi connectivity index (χ0v) is 15.5. The summed E-state index contributed by atoms with van der Waals surface area (Å²) < 4.78 is 22.0. The molecule has 2 aromatic carbocycles. The smallest absolute Gasteiger partial charge is 0.276 e. The van der Waals surface area contributed by atoms with Crippen LogP contribution in [0.5, 0.6) is 17.2 Å². The number of nitrogens with zero attached hydrogens (tertiary/aromatic N) is 2. The van der Waals surface area contributed by atoms with Crippen LogP contribution in [0.15, 0.2) is 58.2 Å². The third-order valence-electron chi connectivity index (χ3n) is 3.44. The van der Waals surface area contributed by atoms with Crippen LogP contribution in [0.3, 0.4) is 0 Å². The number of ether oxygens (including phenoxy) is 3. The Labute approximate surface area is 156 Å². The highest BCUT2D eigenvalue weighted by molar-refractivity contribution is 7.99. The van der Waals surface area contributed by atoms with Gasteiger partial charge in [0.05, 0.1) is 13.7 Å². The van der Waals surface area contributed by atoms with Crippen LogP contribution in [0.25, 0.3) is 0 Å². The molecule has 0 saturated carbocycles. The molecule has 3 aromatic rings. The molecule has 1 aromatic heterocycles. The average Bonchev–Trinajstić information content (AvgIpc) is 3.12. The van der Waals surface area contributed by atoms with Gasteiger partial charge in [-0.2, -0.15) is 0 Å². The number of aromatic nitrogens is 2. The molecule has 3 rings (SSSR count). The van der Waals surface area contributed by atoms with Gasteiger partial charge in [-0.05, 0) is 48.9 Å². The lowest BCUT2D eigenvalue weighted by Gasteiger charge is -2.05. The molecular formula is C19H20N2O4S. The van der Waals surface area contributed by atoms with Gasteiger partial charge in [-0.3, -0.25) is 0 Å². The Morgan fingerprint density at radius 1 is 0.962 bits per heavy atom. The number of benzene rings is 2. The van der Waals surface area contributed by atoms with Gasteiger partial charge in [0.25, 0.3) is 11.1 Å². The van der Waals surface area contributed by atoms with Crippen molar-refractivity contribution >= 4 is 11.8 Å². The monoisotopic (exact) mass is 372 g/mol. The van der Waals surface area contributed by atoms with Crippen LogP contribution >= 0.6 is 11.8 Å². The fraction of sp³-hybridized carbons (Fsp3) is 0.263. The maximum Gasteiger partial charge on any atom is 0.276 e. The largest absolute Gasteiger partial charge is 0.497 e. The minimum absolute atomic E-state index is 0.249. The van der Waals surface area contributed by atoms with Gasteiger partial charge in [-0.25, -0.2) is 0 Å². The topological polar surface area (TPSA) is 66.6 Å². The molecule has 0 atom stereocenters. The van der Waals surface area contributed by atoms with E-state index in [0.717, 1.165) is 22.8 Å². The van der Waals surface area contributed by atoms with E-state index in [4.69, 9.17) is 18.6 Å². The van der Waals surface area contributed by atoms with E-state index in [1.54, 1.807) is 7.11 Å². The zero-order valence-electron chi connectivity index (χ0n) is 14.7. The van der Waals surface area contributed by atoms with Gasteiger partial charge in [-0.15, -0.1) is 10.2 Å². The van der Waals surface area contributed by atoms with Gasteiger partial charge in [0.1, 0.15) is 17.2 Å². The first-order valence-electron chi connectivity index (χ1n) is 8.14. The molecule has 0 amide bonds. The molecule has 0 aliphatic heterocycles.